The minimum Gasteiger partial charge on any atom is -0.515 e. The van der Waals surface area contributed by atoms with Crippen LogP contribution in [-0.2, 0) is 4.43 Å². The lowest BCUT2D eigenvalue weighted by Gasteiger charge is -2.26. The van der Waals surface area contributed by atoms with Gasteiger partial charge in [-0.05, 0) is 31.6 Å². The minimum absolute atomic E-state index is 0.643. The molecule has 0 spiro atoms. The molecule has 174 valence electrons. The molecular formula is C25H46O4Si. The molecule has 4 nitrogen and oxygen atoms in total. The number of unbranched alkanes of at least 4 members (excludes halogenated alkanes) is 12. The van der Waals surface area contributed by atoms with Crippen LogP contribution in [-0.4, -0.2) is 29.4 Å². The molecule has 0 saturated heterocycles. The summed E-state index contributed by atoms with van der Waals surface area (Å²) in [4.78, 5) is 0. The van der Waals surface area contributed by atoms with Crippen LogP contribution in [0.1, 0.15) is 90.4 Å². The monoisotopic (exact) mass is 438 g/mol. The van der Waals surface area contributed by atoms with Crippen LogP contribution < -0.4 is 13.9 Å². The number of para-hydroxylation sites is 1. The maximum absolute atomic E-state index is 6.23. The van der Waals surface area contributed by atoms with Gasteiger partial charge in [0.05, 0.1) is 14.2 Å². The summed E-state index contributed by atoms with van der Waals surface area (Å²) in [6.45, 7) is 7.18. The first-order valence-corrected chi connectivity index (χ1v) is 14.9. The number of methoxy groups -OCH3 is 2. The van der Waals surface area contributed by atoms with E-state index in [0.29, 0.717) is 17.2 Å². The van der Waals surface area contributed by atoms with Crippen molar-refractivity contribution in [3.05, 3.63) is 18.2 Å². The van der Waals surface area contributed by atoms with E-state index in [1.165, 1.54) is 77.0 Å². The van der Waals surface area contributed by atoms with E-state index in [0.717, 1.165) is 13.0 Å². The van der Waals surface area contributed by atoms with Crippen LogP contribution in [0.5, 0.6) is 17.2 Å². The standard InChI is InChI=1S/C25H46O4Si/c1-6-7-8-9-10-11-12-13-14-15-16-17-18-22-28-30(4,5)29-25-23(26-2)20-19-21-24(25)27-3/h19-21H,6-18,22H2,1-5H3. The van der Waals surface area contributed by atoms with Crippen molar-refractivity contribution in [3.8, 4) is 17.2 Å². The molecule has 0 radical (unpaired) electrons. The zero-order chi connectivity index (χ0) is 22.1. The molecule has 1 aromatic rings. The summed E-state index contributed by atoms with van der Waals surface area (Å²) in [5.74, 6) is 2.00. The van der Waals surface area contributed by atoms with Gasteiger partial charge in [0.15, 0.2) is 17.2 Å². The maximum atomic E-state index is 6.23. The average Bonchev–Trinajstić information content (AvgIpc) is 2.73. The van der Waals surface area contributed by atoms with Crippen molar-refractivity contribution in [2.45, 2.75) is 103 Å². The Hall–Kier alpha value is -1.20. The van der Waals surface area contributed by atoms with Gasteiger partial charge in [0.2, 0.25) is 0 Å². The summed E-state index contributed by atoms with van der Waals surface area (Å²) in [6.07, 6.45) is 17.7. The Morgan fingerprint density at radius 3 is 1.53 bits per heavy atom. The van der Waals surface area contributed by atoms with Gasteiger partial charge >= 0.3 is 8.56 Å². The highest BCUT2D eigenvalue weighted by molar-refractivity contribution is 6.65. The molecular weight excluding hydrogens is 392 g/mol. The molecule has 0 aliphatic rings. The third-order valence-electron chi connectivity index (χ3n) is 5.43. The van der Waals surface area contributed by atoms with Crippen LogP contribution in [0.2, 0.25) is 13.1 Å². The van der Waals surface area contributed by atoms with E-state index in [1.54, 1.807) is 14.2 Å². The molecule has 0 amide bonds. The fraction of sp³-hybridized carbons (Fsp3) is 0.760. The summed E-state index contributed by atoms with van der Waals surface area (Å²) in [6, 6.07) is 5.66. The van der Waals surface area contributed by atoms with Crippen molar-refractivity contribution < 1.29 is 18.3 Å². The van der Waals surface area contributed by atoms with Crippen LogP contribution in [0, 0.1) is 0 Å². The Labute approximate surface area is 186 Å². The maximum Gasteiger partial charge on any atom is 0.392 e. The normalized spacial score (nSPS) is 11.5. The summed E-state index contributed by atoms with van der Waals surface area (Å²) in [5.41, 5.74) is 0. The molecule has 0 fully saturated rings. The van der Waals surface area contributed by atoms with Gasteiger partial charge in [0, 0.05) is 6.61 Å². The molecule has 5 heteroatoms. The first-order chi connectivity index (χ1) is 14.5. The molecule has 30 heavy (non-hydrogen) atoms. The Morgan fingerprint density at radius 2 is 1.10 bits per heavy atom. The Balaban J connectivity index is 2.10. The number of hydrogen-bond acceptors (Lipinski definition) is 4. The van der Waals surface area contributed by atoms with Crippen molar-refractivity contribution in [2.24, 2.45) is 0 Å². The second-order valence-electron chi connectivity index (χ2n) is 8.58. The first-order valence-electron chi connectivity index (χ1n) is 12.1. The smallest absolute Gasteiger partial charge is 0.392 e. The lowest BCUT2D eigenvalue weighted by atomic mass is 10.0. The van der Waals surface area contributed by atoms with Gasteiger partial charge in [-0.15, -0.1) is 0 Å². The van der Waals surface area contributed by atoms with Gasteiger partial charge in [0.1, 0.15) is 0 Å². The number of benzene rings is 1. The molecule has 0 atom stereocenters. The van der Waals surface area contributed by atoms with Crippen LogP contribution in [0.25, 0.3) is 0 Å². The van der Waals surface area contributed by atoms with Crippen LogP contribution in [0.3, 0.4) is 0 Å². The molecule has 0 heterocycles. The van der Waals surface area contributed by atoms with E-state index in [4.69, 9.17) is 18.3 Å². The molecule has 0 bridgehead atoms. The van der Waals surface area contributed by atoms with Gasteiger partial charge in [-0.2, -0.15) is 0 Å². The van der Waals surface area contributed by atoms with Crippen molar-refractivity contribution in [1.29, 1.82) is 0 Å². The van der Waals surface area contributed by atoms with Crippen molar-refractivity contribution in [2.75, 3.05) is 20.8 Å². The fourth-order valence-corrected chi connectivity index (χ4v) is 5.02. The van der Waals surface area contributed by atoms with Crippen LogP contribution in [0.4, 0.5) is 0 Å². The second kappa shape index (κ2) is 16.5. The summed E-state index contributed by atoms with van der Waals surface area (Å²) >= 11 is 0. The molecule has 0 saturated carbocycles. The van der Waals surface area contributed by atoms with E-state index in [1.807, 2.05) is 18.2 Å². The Kier molecular flexibility index (Phi) is 14.7. The fourth-order valence-electron chi connectivity index (χ4n) is 3.63. The van der Waals surface area contributed by atoms with E-state index < -0.39 is 8.56 Å². The van der Waals surface area contributed by atoms with E-state index >= 15 is 0 Å². The highest BCUT2D eigenvalue weighted by atomic mass is 28.4. The zero-order valence-corrected chi connectivity index (χ0v) is 21.3. The topological polar surface area (TPSA) is 36.9 Å². The predicted octanol–water partition coefficient (Wildman–Crippen LogP) is 7.89. The third-order valence-corrected chi connectivity index (χ3v) is 7.02. The minimum atomic E-state index is -2.30. The molecule has 0 unspecified atom stereocenters. The van der Waals surface area contributed by atoms with E-state index in [9.17, 15) is 0 Å². The Morgan fingerprint density at radius 1 is 0.667 bits per heavy atom. The summed E-state index contributed by atoms with van der Waals surface area (Å²) in [5, 5.41) is 0. The van der Waals surface area contributed by atoms with Crippen molar-refractivity contribution in [3.63, 3.8) is 0 Å². The highest BCUT2D eigenvalue weighted by Crippen LogP contribution is 2.38. The second-order valence-corrected chi connectivity index (χ2v) is 11.9. The molecule has 0 aliphatic heterocycles. The van der Waals surface area contributed by atoms with Gasteiger partial charge in [-0.1, -0.05) is 90.0 Å². The highest BCUT2D eigenvalue weighted by Gasteiger charge is 2.29. The number of ether oxygens (including phenoxy) is 2. The van der Waals surface area contributed by atoms with Gasteiger partial charge in [0.25, 0.3) is 0 Å². The Bertz CT molecular complexity index is 526. The third kappa shape index (κ3) is 11.8. The molecule has 1 rings (SSSR count). The summed E-state index contributed by atoms with van der Waals surface area (Å²) < 4.78 is 23.2. The molecule has 0 aliphatic carbocycles. The van der Waals surface area contributed by atoms with Crippen molar-refractivity contribution in [1.82, 2.24) is 0 Å². The van der Waals surface area contributed by atoms with Gasteiger partial charge < -0.3 is 18.3 Å². The SMILES string of the molecule is CCCCCCCCCCCCCCCO[Si](C)(C)Oc1c(OC)cccc1OC. The summed E-state index contributed by atoms with van der Waals surface area (Å²) in [7, 11) is 0.985. The molecule has 0 aromatic heterocycles. The lowest BCUT2D eigenvalue weighted by Crippen LogP contribution is -2.38. The largest absolute Gasteiger partial charge is 0.515 e. The van der Waals surface area contributed by atoms with Crippen LogP contribution in [0.15, 0.2) is 18.2 Å². The first kappa shape index (κ1) is 26.8. The van der Waals surface area contributed by atoms with E-state index in [2.05, 4.69) is 20.0 Å². The number of hydrogen-bond donors (Lipinski definition) is 0. The zero-order valence-electron chi connectivity index (χ0n) is 20.3. The molecule has 0 N–H and O–H groups in total. The predicted molar refractivity (Wildman–Crippen MR) is 129 cm³/mol. The molecule has 1 aromatic carbocycles. The lowest BCUT2D eigenvalue weighted by molar-refractivity contribution is 0.233. The van der Waals surface area contributed by atoms with E-state index in [-0.39, 0.29) is 0 Å². The van der Waals surface area contributed by atoms with Crippen LogP contribution >= 0.6 is 0 Å². The number of rotatable bonds is 19. The van der Waals surface area contributed by atoms with Gasteiger partial charge in [-0.3, -0.25) is 0 Å². The van der Waals surface area contributed by atoms with Crippen molar-refractivity contribution >= 4 is 8.56 Å². The van der Waals surface area contributed by atoms with Gasteiger partial charge in [-0.25, -0.2) is 0 Å². The quantitative estimate of drug-likeness (QED) is 0.162. The average molecular weight is 439 g/mol.